The number of carbonyl (C=O) groups excluding carboxylic acids is 1. The summed E-state index contributed by atoms with van der Waals surface area (Å²) in [4.78, 5) is 37.6. The van der Waals surface area contributed by atoms with Crippen LogP contribution >= 0.6 is 11.8 Å². The van der Waals surface area contributed by atoms with Gasteiger partial charge in [-0.3, -0.25) is 4.79 Å². The van der Waals surface area contributed by atoms with Crippen LogP contribution in [0.4, 0.5) is 0 Å². The summed E-state index contributed by atoms with van der Waals surface area (Å²) in [6.45, 7) is 4.11. The first-order chi connectivity index (χ1) is 11.5. The second-order valence-electron chi connectivity index (χ2n) is 5.26. The average Bonchev–Trinajstić information content (AvgIpc) is 2.55. The molecule has 0 saturated carbocycles. The molecule has 24 heavy (non-hydrogen) atoms. The van der Waals surface area contributed by atoms with Gasteiger partial charge in [-0.15, -0.1) is 0 Å². The van der Waals surface area contributed by atoms with Crippen LogP contribution in [0.2, 0.25) is 0 Å². The van der Waals surface area contributed by atoms with Gasteiger partial charge in [-0.2, -0.15) is 0 Å². The van der Waals surface area contributed by atoms with Crippen LogP contribution in [0, 0.1) is 13.8 Å². The molecule has 0 aliphatic rings. The molecule has 1 N–H and O–H groups in total. The van der Waals surface area contributed by atoms with Crippen LogP contribution in [0.5, 0.6) is 0 Å². The number of esters is 1. The van der Waals surface area contributed by atoms with Crippen molar-refractivity contribution in [2.24, 2.45) is 0 Å². The molecule has 0 aliphatic carbocycles. The maximum absolute atomic E-state index is 11.9. The molecule has 2 aromatic rings. The molecule has 0 saturated heterocycles. The molecule has 0 bridgehead atoms. The number of ether oxygens (including phenoxy) is 1. The number of hydrogen-bond donors (Lipinski definition) is 1. The van der Waals surface area contributed by atoms with Gasteiger partial charge in [-0.05, 0) is 37.7 Å². The number of thioether (sulfide) groups is 1. The Morgan fingerprint density at radius 1 is 1.25 bits per heavy atom. The number of H-pyrrole nitrogens is 1. The Hall–Kier alpha value is -2.22. The first-order valence-electron chi connectivity index (χ1n) is 7.57. The van der Waals surface area contributed by atoms with E-state index in [0.717, 1.165) is 27.7 Å². The highest BCUT2D eigenvalue weighted by Gasteiger charge is 2.11. The van der Waals surface area contributed by atoms with Gasteiger partial charge in [-0.1, -0.05) is 11.8 Å². The van der Waals surface area contributed by atoms with Crippen LogP contribution in [-0.4, -0.2) is 38.8 Å². The third kappa shape index (κ3) is 5.16. The summed E-state index contributed by atoms with van der Waals surface area (Å²) in [7, 11) is 0. The van der Waals surface area contributed by atoms with E-state index in [-0.39, 0.29) is 19.0 Å². The lowest BCUT2D eigenvalue weighted by molar-refractivity contribution is -0.143. The van der Waals surface area contributed by atoms with E-state index in [1.165, 1.54) is 18.0 Å². The van der Waals surface area contributed by atoms with Crippen LogP contribution in [0.25, 0.3) is 0 Å². The monoisotopic (exact) mass is 348 g/mol. The van der Waals surface area contributed by atoms with Gasteiger partial charge in [0.25, 0.3) is 0 Å². The van der Waals surface area contributed by atoms with Gasteiger partial charge in [0, 0.05) is 36.6 Å². The van der Waals surface area contributed by atoms with E-state index < -0.39 is 5.69 Å². The summed E-state index contributed by atoms with van der Waals surface area (Å²) in [5.74, 6) is -0.264. The lowest BCUT2D eigenvalue weighted by Gasteiger charge is -2.10. The number of hydrogen-bond acceptors (Lipinski definition) is 7. The minimum Gasteiger partial charge on any atom is -0.465 e. The molecule has 2 rings (SSSR count). The predicted molar refractivity (Wildman–Crippen MR) is 91.1 cm³/mol. The number of aryl methyl sites for hydroxylation is 2. The van der Waals surface area contributed by atoms with Crippen LogP contribution in [0.3, 0.4) is 0 Å². The fourth-order valence-corrected chi connectivity index (χ4v) is 2.71. The van der Waals surface area contributed by atoms with Gasteiger partial charge in [0.15, 0.2) is 5.16 Å². The second kappa shape index (κ2) is 8.58. The number of aromatic nitrogens is 4. The molecule has 7 nitrogen and oxygen atoms in total. The molecule has 0 aromatic carbocycles. The standard InChI is InChI=1S/C16H20N4O3S/c1-10-13(11(2)20-16(19-10)24-3)4-5-14(21)23-7-6-12-8-17-15(22)18-9-12/h8-9H,4-7H2,1-3H3,(H,17,18,22). The molecular weight excluding hydrogens is 328 g/mol. The third-order valence-corrected chi connectivity index (χ3v) is 4.09. The number of rotatable bonds is 7. The number of aromatic amines is 1. The van der Waals surface area contributed by atoms with Gasteiger partial charge >= 0.3 is 11.7 Å². The molecule has 0 atom stereocenters. The highest BCUT2D eigenvalue weighted by molar-refractivity contribution is 7.98. The van der Waals surface area contributed by atoms with E-state index in [0.29, 0.717) is 12.8 Å². The molecule has 2 aromatic heterocycles. The molecule has 0 fully saturated rings. The zero-order chi connectivity index (χ0) is 17.5. The Kier molecular flexibility index (Phi) is 6.48. The quantitative estimate of drug-likeness (QED) is 0.461. The van der Waals surface area contributed by atoms with Crippen molar-refractivity contribution in [3.63, 3.8) is 0 Å². The smallest absolute Gasteiger partial charge is 0.344 e. The Bertz CT molecular complexity index is 733. The first kappa shape index (κ1) is 18.1. The topological polar surface area (TPSA) is 97.8 Å². The lowest BCUT2D eigenvalue weighted by Crippen LogP contribution is -2.12. The largest absolute Gasteiger partial charge is 0.465 e. The summed E-state index contributed by atoms with van der Waals surface area (Å²) in [5.41, 5.74) is 3.22. The van der Waals surface area contributed by atoms with Crippen molar-refractivity contribution in [2.75, 3.05) is 12.9 Å². The van der Waals surface area contributed by atoms with Crippen LogP contribution in [-0.2, 0) is 22.4 Å². The molecule has 2 heterocycles. The van der Waals surface area contributed by atoms with E-state index in [4.69, 9.17) is 4.74 Å². The van der Waals surface area contributed by atoms with Crippen LogP contribution < -0.4 is 5.69 Å². The summed E-state index contributed by atoms with van der Waals surface area (Å²) < 4.78 is 5.22. The molecule has 0 radical (unpaired) electrons. The summed E-state index contributed by atoms with van der Waals surface area (Å²) >= 11 is 1.50. The lowest BCUT2D eigenvalue weighted by atomic mass is 10.1. The minimum atomic E-state index is -0.392. The van der Waals surface area contributed by atoms with Gasteiger partial charge in [0.05, 0.1) is 6.61 Å². The maximum atomic E-state index is 11.9. The number of nitrogens with zero attached hydrogens (tertiary/aromatic N) is 3. The van der Waals surface area contributed by atoms with E-state index in [2.05, 4.69) is 19.9 Å². The highest BCUT2D eigenvalue weighted by Crippen LogP contribution is 2.17. The summed E-state index contributed by atoms with van der Waals surface area (Å²) in [5, 5.41) is 0.742. The number of nitrogens with one attached hydrogen (secondary N) is 1. The fourth-order valence-electron chi connectivity index (χ4n) is 2.25. The zero-order valence-corrected chi connectivity index (χ0v) is 14.8. The SMILES string of the molecule is CSc1nc(C)c(CCC(=O)OCCc2cnc(=O)[nH]c2)c(C)n1. The predicted octanol–water partition coefficient (Wildman–Crippen LogP) is 1.62. The van der Waals surface area contributed by atoms with Gasteiger partial charge in [0.1, 0.15) is 0 Å². The Morgan fingerprint density at radius 2 is 1.96 bits per heavy atom. The van der Waals surface area contributed by atoms with Gasteiger partial charge in [-0.25, -0.2) is 19.7 Å². The minimum absolute atomic E-state index is 0.256. The Morgan fingerprint density at radius 3 is 2.54 bits per heavy atom. The normalized spacial score (nSPS) is 10.6. The highest BCUT2D eigenvalue weighted by atomic mass is 32.2. The van der Waals surface area contributed by atoms with Crippen LogP contribution in [0.1, 0.15) is 28.9 Å². The first-order valence-corrected chi connectivity index (χ1v) is 8.79. The molecule has 0 amide bonds. The maximum Gasteiger partial charge on any atom is 0.344 e. The molecule has 128 valence electrons. The summed E-state index contributed by atoms with van der Waals surface area (Å²) in [6, 6.07) is 0. The molecular formula is C16H20N4O3S. The van der Waals surface area contributed by atoms with Gasteiger partial charge < -0.3 is 9.72 Å². The molecule has 0 aliphatic heterocycles. The zero-order valence-electron chi connectivity index (χ0n) is 14.0. The van der Waals surface area contributed by atoms with E-state index in [1.807, 2.05) is 20.1 Å². The van der Waals surface area contributed by atoms with Crippen molar-refractivity contribution >= 4 is 17.7 Å². The average molecular weight is 348 g/mol. The fraction of sp³-hybridized carbons (Fsp3) is 0.438. The molecule has 0 spiro atoms. The Balaban J connectivity index is 1.81. The van der Waals surface area contributed by atoms with E-state index >= 15 is 0 Å². The van der Waals surface area contributed by atoms with E-state index in [1.54, 1.807) is 6.20 Å². The summed E-state index contributed by atoms with van der Waals surface area (Å²) in [6.07, 6.45) is 6.34. The van der Waals surface area contributed by atoms with Crippen molar-refractivity contribution in [1.29, 1.82) is 0 Å². The second-order valence-corrected chi connectivity index (χ2v) is 6.03. The van der Waals surface area contributed by atoms with E-state index in [9.17, 15) is 9.59 Å². The van der Waals surface area contributed by atoms with Gasteiger partial charge in [0.2, 0.25) is 0 Å². The van der Waals surface area contributed by atoms with Crippen LogP contribution in [0.15, 0.2) is 22.3 Å². The van der Waals surface area contributed by atoms with Crippen molar-refractivity contribution in [2.45, 2.75) is 38.3 Å². The number of carbonyl (C=O) groups is 1. The molecule has 8 heteroatoms. The van der Waals surface area contributed by atoms with Crippen molar-refractivity contribution in [1.82, 2.24) is 19.9 Å². The van der Waals surface area contributed by atoms with Crippen molar-refractivity contribution in [3.8, 4) is 0 Å². The molecule has 0 unspecified atom stereocenters. The third-order valence-electron chi connectivity index (χ3n) is 3.54. The Labute approximate surface area is 144 Å². The van der Waals surface area contributed by atoms with Crippen molar-refractivity contribution in [3.05, 3.63) is 45.4 Å². The van der Waals surface area contributed by atoms with Crippen molar-refractivity contribution < 1.29 is 9.53 Å².